The molecule has 1 fully saturated rings. The zero-order chi connectivity index (χ0) is 21.1. The van der Waals surface area contributed by atoms with Crippen molar-refractivity contribution in [3.8, 4) is 0 Å². The van der Waals surface area contributed by atoms with Gasteiger partial charge in [0.15, 0.2) is 0 Å². The Bertz CT molecular complexity index is 923. The summed E-state index contributed by atoms with van der Waals surface area (Å²) in [4.78, 5) is 27.5. The Hall–Kier alpha value is -2.86. The molecule has 2 amide bonds. The van der Waals surface area contributed by atoms with Gasteiger partial charge in [0.1, 0.15) is 6.17 Å². The predicted molar refractivity (Wildman–Crippen MR) is 116 cm³/mol. The van der Waals surface area contributed by atoms with Crippen molar-refractivity contribution in [1.82, 2.24) is 10.2 Å². The van der Waals surface area contributed by atoms with Crippen LogP contribution >= 0.6 is 0 Å². The molecule has 3 unspecified atom stereocenters. The Morgan fingerprint density at radius 3 is 2.83 bits per heavy atom. The monoisotopic (exact) mass is 407 g/mol. The third-order valence-electron chi connectivity index (χ3n) is 5.90. The molecule has 6 nitrogen and oxygen atoms in total. The van der Waals surface area contributed by atoms with Crippen molar-refractivity contribution in [3.05, 3.63) is 65.2 Å². The van der Waals surface area contributed by atoms with Crippen LogP contribution in [0.4, 0.5) is 5.69 Å². The molecule has 0 spiro atoms. The molecular formula is C24H29N3O3. The van der Waals surface area contributed by atoms with Gasteiger partial charge in [0.2, 0.25) is 0 Å². The Morgan fingerprint density at radius 1 is 1.23 bits per heavy atom. The SMILES string of the molecule is CCC(C)NC(=O)c1cccc(NC2c3ccccc3C(=O)N2CC2CCCO2)c1. The fraction of sp³-hybridized carbons (Fsp3) is 0.417. The lowest BCUT2D eigenvalue weighted by atomic mass is 10.1. The number of carbonyl (C=O) groups excluding carboxylic acids is 2. The van der Waals surface area contributed by atoms with E-state index in [1.54, 1.807) is 6.07 Å². The maximum Gasteiger partial charge on any atom is 0.256 e. The molecule has 2 N–H and O–H groups in total. The van der Waals surface area contributed by atoms with Crippen LogP contribution in [0.1, 0.15) is 65.6 Å². The van der Waals surface area contributed by atoms with Gasteiger partial charge >= 0.3 is 0 Å². The van der Waals surface area contributed by atoms with Gasteiger partial charge in [-0.05, 0) is 50.5 Å². The first-order valence-electron chi connectivity index (χ1n) is 10.8. The number of ether oxygens (including phenoxy) is 1. The number of nitrogens with zero attached hydrogens (tertiary/aromatic N) is 1. The second kappa shape index (κ2) is 8.88. The lowest BCUT2D eigenvalue weighted by Gasteiger charge is -2.29. The van der Waals surface area contributed by atoms with E-state index >= 15 is 0 Å². The summed E-state index contributed by atoms with van der Waals surface area (Å²) in [5.41, 5.74) is 3.08. The number of amides is 2. The maximum atomic E-state index is 13.1. The van der Waals surface area contributed by atoms with Crippen molar-refractivity contribution in [2.75, 3.05) is 18.5 Å². The van der Waals surface area contributed by atoms with Crippen molar-refractivity contribution in [2.24, 2.45) is 0 Å². The van der Waals surface area contributed by atoms with Gasteiger partial charge in [0.25, 0.3) is 11.8 Å². The Labute approximate surface area is 177 Å². The van der Waals surface area contributed by atoms with E-state index in [1.807, 2.05) is 61.2 Å². The number of carbonyl (C=O) groups is 2. The highest BCUT2D eigenvalue weighted by molar-refractivity contribution is 5.99. The topological polar surface area (TPSA) is 70.7 Å². The standard InChI is InChI=1S/C24H29N3O3/c1-3-16(2)25-23(28)17-8-6-9-18(14-17)26-22-20-11-4-5-12-21(20)24(29)27(22)15-19-10-7-13-30-19/h4-6,8-9,11-12,14,16,19,22,26H,3,7,10,13,15H2,1-2H3,(H,25,28). The Balaban J connectivity index is 1.57. The van der Waals surface area contributed by atoms with Gasteiger partial charge in [-0.25, -0.2) is 0 Å². The summed E-state index contributed by atoms with van der Waals surface area (Å²) in [6.07, 6.45) is 2.66. The lowest BCUT2D eigenvalue weighted by molar-refractivity contribution is 0.0488. The van der Waals surface area contributed by atoms with Crippen LogP contribution in [0.15, 0.2) is 48.5 Å². The second-order valence-electron chi connectivity index (χ2n) is 8.09. The highest BCUT2D eigenvalue weighted by atomic mass is 16.5. The Morgan fingerprint density at radius 2 is 2.07 bits per heavy atom. The molecular weight excluding hydrogens is 378 g/mol. The van der Waals surface area contributed by atoms with Gasteiger partial charge < -0.3 is 20.3 Å². The molecule has 0 aliphatic carbocycles. The minimum absolute atomic E-state index is 0.0178. The third kappa shape index (κ3) is 4.19. The van der Waals surface area contributed by atoms with Crippen molar-refractivity contribution < 1.29 is 14.3 Å². The van der Waals surface area contributed by atoms with Gasteiger partial charge in [-0.2, -0.15) is 0 Å². The molecule has 0 aromatic heterocycles. The largest absolute Gasteiger partial charge is 0.376 e. The third-order valence-corrected chi connectivity index (χ3v) is 5.90. The minimum Gasteiger partial charge on any atom is -0.376 e. The van der Waals surface area contributed by atoms with E-state index in [0.29, 0.717) is 12.1 Å². The van der Waals surface area contributed by atoms with E-state index in [1.165, 1.54) is 0 Å². The highest BCUT2D eigenvalue weighted by Crippen LogP contribution is 2.35. The number of anilines is 1. The summed E-state index contributed by atoms with van der Waals surface area (Å²) in [6.45, 7) is 5.34. The average Bonchev–Trinajstić information content (AvgIpc) is 3.37. The van der Waals surface area contributed by atoms with E-state index in [0.717, 1.165) is 42.7 Å². The number of hydrogen-bond acceptors (Lipinski definition) is 4. The first-order valence-corrected chi connectivity index (χ1v) is 10.8. The molecule has 4 rings (SSSR count). The van der Waals surface area contributed by atoms with Crippen molar-refractivity contribution in [3.63, 3.8) is 0 Å². The fourth-order valence-electron chi connectivity index (χ4n) is 4.04. The zero-order valence-corrected chi connectivity index (χ0v) is 17.6. The minimum atomic E-state index is -0.286. The first-order chi connectivity index (χ1) is 14.6. The molecule has 0 saturated carbocycles. The van der Waals surface area contributed by atoms with Crippen LogP contribution in [0.25, 0.3) is 0 Å². The quantitative estimate of drug-likeness (QED) is 0.729. The summed E-state index contributed by atoms with van der Waals surface area (Å²) < 4.78 is 5.78. The zero-order valence-electron chi connectivity index (χ0n) is 17.6. The van der Waals surface area contributed by atoms with Crippen LogP contribution < -0.4 is 10.6 Å². The average molecular weight is 408 g/mol. The molecule has 2 heterocycles. The second-order valence-corrected chi connectivity index (χ2v) is 8.09. The van der Waals surface area contributed by atoms with Gasteiger partial charge in [-0.3, -0.25) is 9.59 Å². The molecule has 2 aliphatic heterocycles. The van der Waals surface area contributed by atoms with Crippen LogP contribution in [0.3, 0.4) is 0 Å². The van der Waals surface area contributed by atoms with Crippen LogP contribution in [0, 0.1) is 0 Å². The molecule has 0 bridgehead atoms. The van der Waals surface area contributed by atoms with Crippen molar-refractivity contribution >= 4 is 17.5 Å². The molecule has 2 aromatic rings. The number of nitrogens with one attached hydrogen (secondary N) is 2. The van der Waals surface area contributed by atoms with Crippen LogP contribution in [0.2, 0.25) is 0 Å². The van der Waals surface area contributed by atoms with Crippen LogP contribution in [-0.2, 0) is 4.74 Å². The normalized spacial score (nSPS) is 21.4. The van der Waals surface area contributed by atoms with E-state index < -0.39 is 0 Å². The highest BCUT2D eigenvalue weighted by Gasteiger charge is 2.38. The van der Waals surface area contributed by atoms with Crippen molar-refractivity contribution in [2.45, 2.75) is 51.4 Å². The fourth-order valence-corrected chi connectivity index (χ4v) is 4.04. The molecule has 6 heteroatoms. The Kier molecular flexibility index (Phi) is 6.04. The molecule has 0 radical (unpaired) electrons. The first kappa shape index (κ1) is 20.4. The summed E-state index contributed by atoms with van der Waals surface area (Å²) in [6, 6.07) is 15.3. The summed E-state index contributed by atoms with van der Waals surface area (Å²) in [5.74, 6) is -0.0728. The maximum absolute atomic E-state index is 13.1. The molecule has 30 heavy (non-hydrogen) atoms. The van der Waals surface area contributed by atoms with Gasteiger partial charge in [-0.1, -0.05) is 31.2 Å². The van der Waals surface area contributed by atoms with E-state index in [9.17, 15) is 9.59 Å². The van der Waals surface area contributed by atoms with E-state index in [-0.39, 0.29) is 30.1 Å². The molecule has 158 valence electrons. The van der Waals surface area contributed by atoms with Crippen molar-refractivity contribution in [1.29, 1.82) is 0 Å². The number of hydrogen-bond donors (Lipinski definition) is 2. The summed E-state index contributed by atoms with van der Waals surface area (Å²) >= 11 is 0. The summed E-state index contributed by atoms with van der Waals surface area (Å²) in [5, 5.41) is 6.48. The van der Waals surface area contributed by atoms with E-state index in [4.69, 9.17) is 4.74 Å². The number of benzene rings is 2. The number of rotatable bonds is 7. The molecule has 2 aromatic carbocycles. The predicted octanol–water partition coefficient (Wildman–Crippen LogP) is 3.96. The van der Waals surface area contributed by atoms with Gasteiger partial charge in [0, 0.05) is 41.6 Å². The van der Waals surface area contributed by atoms with Gasteiger partial charge in [-0.15, -0.1) is 0 Å². The van der Waals surface area contributed by atoms with E-state index in [2.05, 4.69) is 10.6 Å². The number of fused-ring (bicyclic) bond motifs is 1. The smallest absolute Gasteiger partial charge is 0.256 e. The summed E-state index contributed by atoms with van der Waals surface area (Å²) in [7, 11) is 0. The molecule has 3 atom stereocenters. The lowest BCUT2D eigenvalue weighted by Crippen LogP contribution is -2.38. The van der Waals surface area contributed by atoms with Crippen LogP contribution in [-0.4, -0.2) is 42.0 Å². The molecule has 1 saturated heterocycles. The molecule has 2 aliphatic rings. The van der Waals surface area contributed by atoms with Crippen LogP contribution in [0.5, 0.6) is 0 Å². The van der Waals surface area contributed by atoms with Gasteiger partial charge in [0.05, 0.1) is 6.10 Å².